The lowest BCUT2D eigenvalue weighted by atomic mass is 9.72. The van der Waals surface area contributed by atoms with Gasteiger partial charge >= 0.3 is 0 Å². The Kier molecular flexibility index (Phi) is 13.4. The van der Waals surface area contributed by atoms with Gasteiger partial charge in [-0.15, -0.1) is 0 Å². The fourth-order valence-electron chi connectivity index (χ4n) is 7.41. The van der Waals surface area contributed by atoms with Crippen LogP contribution in [0.25, 0.3) is 0 Å². The van der Waals surface area contributed by atoms with Gasteiger partial charge in [-0.1, -0.05) is 47.0 Å². The average molecular weight is 581 g/mol. The Hall–Kier alpha value is -1.17. The molecular formula is C31H61FN8O. The third kappa shape index (κ3) is 9.16. The van der Waals surface area contributed by atoms with Crippen LogP contribution in [0.3, 0.4) is 0 Å². The third-order valence-corrected chi connectivity index (χ3v) is 10.4. The van der Waals surface area contributed by atoms with Crippen LogP contribution in [0, 0.1) is 23.2 Å². The number of carbonyl (C=O) groups is 1. The number of hydrogen-bond acceptors (Lipinski definition) is 8. The molecule has 3 aliphatic heterocycles. The van der Waals surface area contributed by atoms with Crippen LogP contribution in [0.4, 0.5) is 4.39 Å². The Bertz CT molecular complexity index is 830. The number of halogens is 1. The number of carbonyl (C=O) groups excluding carboxylic acids is 1. The van der Waals surface area contributed by atoms with E-state index in [1.807, 2.05) is 25.2 Å². The van der Waals surface area contributed by atoms with Crippen molar-refractivity contribution in [3.8, 4) is 0 Å². The molecule has 3 aliphatic rings. The first-order valence-electron chi connectivity index (χ1n) is 16.4. The van der Waals surface area contributed by atoms with Crippen molar-refractivity contribution in [2.24, 2.45) is 39.6 Å². The minimum absolute atomic E-state index is 0.0740. The number of hydrogen-bond donors (Lipinski definition) is 5. The normalized spacial score (nSPS) is 35.3. The maximum absolute atomic E-state index is 14.8. The van der Waals surface area contributed by atoms with E-state index in [2.05, 4.69) is 48.8 Å². The van der Waals surface area contributed by atoms with Gasteiger partial charge in [-0.2, -0.15) is 0 Å². The summed E-state index contributed by atoms with van der Waals surface area (Å²) in [5.74, 6) is 0.286. The standard InChI is InChI=1S/C31H61FN8O/c1-7-10-22(8-2)24-15-26(40-19-21(17-37-40)12-14-35-5)25(18-36-24)38-30(41)28(29(33)34)27-16-31(4,9-3)13-11-23(32)20-39(27)6/h18,21-29,35,37H,7-17,19-20,33-34H2,1-6H3,(H,38,41)/t21?,22?,23?,24?,25?,26?,27?,28?,31-/m0/s1. The molecule has 41 heavy (non-hydrogen) atoms. The van der Waals surface area contributed by atoms with Crippen molar-refractivity contribution in [2.45, 2.75) is 122 Å². The van der Waals surface area contributed by atoms with Crippen molar-refractivity contribution in [3.05, 3.63) is 0 Å². The largest absolute Gasteiger partial charge is 0.346 e. The van der Waals surface area contributed by atoms with Crippen molar-refractivity contribution in [3.63, 3.8) is 0 Å². The molecule has 0 spiro atoms. The molecule has 8 unspecified atom stereocenters. The topological polar surface area (TPSA) is 124 Å². The van der Waals surface area contributed by atoms with E-state index in [0.717, 1.165) is 71.0 Å². The summed E-state index contributed by atoms with van der Waals surface area (Å²) in [6.07, 6.45) is 8.63. The van der Waals surface area contributed by atoms with Gasteiger partial charge in [0.2, 0.25) is 5.91 Å². The number of rotatable bonds is 13. The molecule has 9 nitrogen and oxygen atoms in total. The monoisotopic (exact) mass is 580 g/mol. The number of likely N-dealkylation sites (tertiary alicyclic amines) is 1. The SMILES string of the molecule is CCCC(CC)C1CC(N2CC(CCNC)CN2)C(NC(=O)C(C(N)N)C2C[C@@](C)(CC)CCC(F)CN2C)C=N1. The molecule has 10 heteroatoms. The number of nitrogens with zero attached hydrogens (tertiary/aromatic N) is 3. The minimum Gasteiger partial charge on any atom is -0.346 e. The second kappa shape index (κ2) is 16.1. The van der Waals surface area contributed by atoms with Crippen molar-refractivity contribution < 1.29 is 9.18 Å². The molecule has 2 saturated heterocycles. The van der Waals surface area contributed by atoms with Crippen molar-refractivity contribution in [1.82, 2.24) is 26.0 Å². The highest BCUT2D eigenvalue weighted by Gasteiger charge is 2.44. The fourth-order valence-corrected chi connectivity index (χ4v) is 7.41. The molecule has 0 saturated carbocycles. The van der Waals surface area contributed by atoms with Crippen LogP contribution in [0.1, 0.15) is 85.5 Å². The van der Waals surface area contributed by atoms with E-state index in [1.54, 1.807) is 0 Å². The molecule has 0 aromatic carbocycles. The number of aliphatic imine (C=N–C) groups is 1. The van der Waals surface area contributed by atoms with Gasteiger partial charge in [-0.05, 0) is 76.4 Å². The van der Waals surface area contributed by atoms with Crippen LogP contribution in [-0.4, -0.2) is 98.8 Å². The molecule has 2 fully saturated rings. The van der Waals surface area contributed by atoms with Gasteiger partial charge in [0.15, 0.2) is 0 Å². The Morgan fingerprint density at radius 3 is 2.66 bits per heavy atom. The fraction of sp³-hybridized carbons (Fsp3) is 0.935. The zero-order valence-corrected chi connectivity index (χ0v) is 26.7. The van der Waals surface area contributed by atoms with Gasteiger partial charge in [0.25, 0.3) is 0 Å². The zero-order chi connectivity index (χ0) is 30.2. The van der Waals surface area contributed by atoms with Crippen molar-refractivity contribution in [1.29, 1.82) is 0 Å². The number of alkyl halides is 1. The highest BCUT2D eigenvalue weighted by atomic mass is 19.1. The van der Waals surface area contributed by atoms with Gasteiger partial charge < -0.3 is 22.1 Å². The summed E-state index contributed by atoms with van der Waals surface area (Å²) in [6.45, 7) is 12.0. The Morgan fingerprint density at radius 2 is 2.02 bits per heavy atom. The lowest BCUT2D eigenvalue weighted by Gasteiger charge is -2.45. The molecule has 238 valence electrons. The van der Waals surface area contributed by atoms with Crippen LogP contribution >= 0.6 is 0 Å². The minimum atomic E-state index is -0.926. The van der Waals surface area contributed by atoms with Crippen LogP contribution < -0.4 is 27.5 Å². The summed E-state index contributed by atoms with van der Waals surface area (Å²) >= 11 is 0. The van der Waals surface area contributed by atoms with Gasteiger partial charge in [0.05, 0.1) is 30.2 Å². The predicted molar refractivity (Wildman–Crippen MR) is 167 cm³/mol. The van der Waals surface area contributed by atoms with Crippen molar-refractivity contribution in [2.75, 3.05) is 40.3 Å². The summed E-state index contributed by atoms with van der Waals surface area (Å²) < 4.78 is 14.8. The van der Waals surface area contributed by atoms with E-state index in [0.29, 0.717) is 18.3 Å². The van der Waals surface area contributed by atoms with Gasteiger partial charge in [0.1, 0.15) is 6.17 Å². The smallest absolute Gasteiger partial charge is 0.228 e. The van der Waals surface area contributed by atoms with E-state index < -0.39 is 18.3 Å². The molecule has 7 N–H and O–H groups in total. The lowest BCUT2D eigenvalue weighted by molar-refractivity contribution is -0.129. The Labute approximate surface area is 249 Å². The maximum atomic E-state index is 14.8. The highest BCUT2D eigenvalue weighted by Crippen LogP contribution is 2.39. The van der Waals surface area contributed by atoms with Gasteiger partial charge in [-0.3, -0.25) is 20.1 Å². The molecule has 0 aromatic rings. The molecule has 3 heterocycles. The van der Waals surface area contributed by atoms with Gasteiger partial charge in [-0.25, -0.2) is 9.40 Å². The van der Waals surface area contributed by atoms with Crippen LogP contribution in [-0.2, 0) is 4.79 Å². The second-order valence-corrected chi connectivity index (χ2v) is 13.5. The average Bonchev–Trinajstić information content (AvgIpc) is 3.41. The second-order valence-electron chi connectivity index (χ2n) is 13.5. The third-order valence-electron chi connectivity index (χ3n) is 10.4. The molecule has 0 aromatic heterocycles. The molecule has 9 atom stereocenters. The highest BCUT2D eigenvalue weighted by molar-refractivity contribution is 5.84. The van der Waals surface area contributed by atoms with E-state index in [9.17, 15) is 9.18 Å². The van der Waals surface area contributed by atoms with Crippen molar-refractivity contribution >= 4 is 12.1 Å². The predicted octanol–water partition coefficient (Wildman–Crippen LogP) is 2.65. The number of hydrazine groups is 1. The molecule has 1 amide bonds. The molecule has 0 bridgehead atoms. The van der Waals surface area contributed by atoms with E-state index in [1.165, 1.54) is 0 Å². The number of nitrogens with two attached hydrogens (primary N) is 2. The summed E-state index contributed by atoms with van der Waals surface area (Å²) in [7, 11) is 3.91. The summed E-state index contributed by atoms with van der Waals surface area (Å²) in [4.78, 5) is 21.1. The molecular weight excluding hydrogens is 519 g/mol. The number of amides is 1. The quantitative estimate of drug-likeness (QED) is 0.212. The molecule has 0 radical (unpaired) electrons. The number of nitrogens with one attached hydrogen (secondary N) is 3. The summed E-state index contributed by atoms with van der Waals surface area (Å²) in [5.41, 5.74) is 16.3. The Balaban J connectivity index is 1.84. The van der Waals surface area contributed by atoms with E-state index in [-0.39, 0.29) is 42.0 Å². The summed E-state index contributed by atoms with van der Waals surface area (Å²) in [5, 5.41) is 8.96. The summed E-state index contributed by atoms with van der Waals surface area (Å²) in [6, 6.07) is -0.157. The maximum Gasteiger partial charge on any atom is 0.228 e. The molecule has 3 rings (SSSR count). The molecule has 0 aliphatic carbocycles. The zero-order valence-electron chi connectivity index (χ0n) is 26.7. The van der Waals surface area contributed by atoms with Crippen LogP contribution in [0.2, 0.25) is 0 Å². The first-order valence-corrected chi connectivity index (χ1v) is 16.4. The Morgan fingerprint density at radius 1 is 1.27 bits per heavy atom. The van der Waals surface area contributed by atoms with Gasteiger partial charge in [0, 0.05) is 31.9 Å². The van der Waals surface area contributed by atoms with Crippen LogP contribution in [0.5, 0.6) is 0 Å². The first kappa shape index (κ1) is 34.3. The van der Waals surface area contributed by atoms with Crippen LogP contribution in [0.15, 0.2) is 4.99 Å². The van der Waals surface area contributed by atoms with E-state index >= 15 is 0 Å². The lowest BCUT2D eigenvalue weighted by Crippen LogP contribution is -2.63. The first-order chi connectivity index (χ1) is 19.5. The van der Waals surface area contributed by atoms with E-state index in [4.69, 9.17) is 16.5 Å².